The standard InChI is InChI=1S/C40H38N2/c1-4-11-30(12-5-1)32-19-23-37(24-20-32)42(40-28-27-39(41-40)34-15-8-3-9-16-34)38-25-21-33(22-26-38)36-18-10-17-35(29-36)31-13-6-2-7-14-31/h2-4,6,8-13,15-19,21-28,32,36,41H,1,5,7,14,20,29H2/t32-,36+/m1/s1. The lowest BCUT2D eigenvalue weighted by molar-refractivity contribution is 0.761. The number of aromatic amines is 1. The van der Waals surface area contributed by atoms with Gasteiger partial charge in [-0.3, -0.25) is 4.90 Å². The van der Waals surface area contributed by atoms with Crippen LogP contribution in [0.4, 0.5) is 11.5 Å². The number of H-pyrrole nitrogens is 1. The van der Waals surface area contributed by atoms with Crippen LogP contribution >= 0.6 is 0 Å². The van der Waals surface area contributed by atoms with Gasteiger partial charge in [0.05, 0.1) is 0 Å². The van der Waals surface area contributed by atoms with Gasteiger partial charge in [-0.15, -0.1) is 0 Å². The molecule has 7 rings (SSSR count). The van der Waals surface area contributed by atoms with Crippen molar-refractivity contribution in [2.24, 2.45) is 5.92 Å². The normalized spacial score (nSPS) is 21.4. The summed E-state index contributed by atoms with van der Waals surface area (Å²) in [5.74, 6) is 1.93. The van der Waals surface area contributed by atoms with Crippen LogP contribution in [0.5, 0.6) is 0 Å². The lowest BCUT2D eigenvalue weighted by Gasteiger charge is -2.29. The summed E-state index contributed by atoms with van der Waals surface area (Å²) in [7, 11) is 0. The number of benzene rings is 2. The molecule has 42 heavy (non-hydrogen) atoms. The molecule has 2 heteroatoms. The molecule has 0 aliphatic heterocycles. The number of hydrogen-bond donors (Lipinski definition) is 1. The van der Waals surface area contributed by atoms with Gasteiger partial charge in [0.1, 0.15) is 5.82 Å². The van der Waals surface area contributed by atoms with Crippen molar-refractivity contribution in [2.75, 3.05) is 4.90 Å². The highest BCUT2D eigenvalue weighted by Gasteiger charge is 2.22. The Labute approximate surface area is 250 Å². The summed E-state index contributed by atoms with van der Waals surface area (Å²) in [6.45, 7) is 0. The molecule has 4 aliphatic rings. The number of nitrogens with one attached hydrogen (secondary N) is 1. The van der Waals surface area contributed by atoms with Crippen LogP contribution in [0.25, 0.3) is 11.3 Å². The van der Waals surface area contributed by atoms with E-state index in [0.29, 0.717) is 11.8 Å². The van der Waals surface area contributed by atoms with E-state index < -0.39 is 0 Å². The molecule has 0 fully saturated rings. The first kappa shape index (κ1) is 26.3. The van der Waals surface area contributed by atoms with Gasteiger partial charge in [0.25, 0.3) is 0 Å². The zero-order chi connectivity index (χ0) is 28.1. The fraction of sp³-hybridized carbons (Fsp3) is 0.200. The van der Waals surface area contributed by atoms with Crippen LogP contribution in [0.3, 0.4) is 0 Å². The summed E-state index contributed by atoms with van der Waals surface area (Å²) in [6.07, 6.45) is 34.5. The summed E-state index contributed by atoms with van der Waals surface area (Å²) < 4.78 is 0. The summed E-state index contributed by atoms with van der Waals surface area (Å²) in [5.41, 5.74) is 10.5. The van der Waals surface area contributed by atoms with Crippen molar-refractivity contribution >= 4 is 11.5 Å². The SMILES string of the molecule is C1=CCCC(C2=CC=C[C@H](c3ccc(N(C4=CC[C@H](C5=CCCC=C5)C=C4)c4ccc(-c5ccccc5)[nH]4)cc3)C2)=C1. The lowest BCUT2D eigenvalue weighted by atomic mass is 9.83. The summed E-state index contributed by atoms with van der Waals surface area (Å²) in [5, 5.41) is 0. The molecule has 1 N–H and O–H groups in total. The zero-order valence-electron chi connectivity index (χ0n) is 24.1. The highest BCUT2D eigenvalue weighted by molar-refractivity contribution is 5.72. The van der Waals surface area contributed by atoms with E-state index in [4.69, 9.17) is 0 Å². The van der Waals surface area contributed by atoms with Crippen LogP contribution in [0.1, 0.15) is 50.0 Å². The van der Waals surface area contributed by atoms with Crippen LogP contribution in [0.15, 0.2) is 162 Å². The Kier molecular flexibility index (Phi) is 7.61. The maximum Gasteiger partial charge on any atom is 0.115 e. The van der Waals surface area contributed by atoms with E-state index >= 15 is 0 Å². The molecule has 2 nitrogen and oxygen atoms in total. The summed E-state index contributed by atoms with van der Waals surface area (Å²) in [4.78, 5) is 6.09. The van der Waals surface area contributed by atoms with E-state index in [1.165, 1.54) is 39.2 Å². The van der Waals surface area contributed by atoms with Crippen LogP contribution in [0, 0.1) is 5.92 Å². The minimum absolute atomic E-state index is 0.404. The van der Waals surface area contributed by atoms with Crippen molar-refractivity contribution < 1.29 is 0 Å². The van der Waals surface area contributed by atoms with Crippen molar-refractivity contribution in [2.45, 2.75) is 44.4 Å². The monoisotopic (exact) mass is 546 g/mol. The predicted molar refractivity (Wildman–Crippen MR) is 178 cm³/mol. The average molecular weight is 547 g/mol. The zero-order valence-corrected chi connectivity index (χ0v) is 24.1. The minimum atomic E-state index is 0.404. The first-order valence-electron chi connectivity index (χ1n) is 15.4. The molecule has 1 aromatic heterocycles. The Bertz CT molecular complexity index is 1660. The first-order chi connectivity index (χ1) is 20.8. The molecule has 3 aromatic rings. The molecule has 4 aliphatic carbocycles. The Balaban J connectivity index is 1.16. The van der Waals surface area contributed by atoms with E-state index in [9.17, 15) is 0 Å². The molecule has 0 bridgehead atoms. The van der Waals surface area contributed by atoms with Gasteiger partial charge in [0, 0.05) is 28.9 Å². The molecule has 0 spiro atoms. The molecule has 2 atom stereocenters. The molecule has 0 amide bonds. The van der Waals surface area contributed by atoms with Gasteiger partial charge >= 0.3 is 0 Å². The van der Waals surface area contributed by atoms with Crippen molar-refractivity contribution in [3.63, 3.8) is 0 Å². The molecule has 2 aromatic carbocycles. The maximum absolute atomic E-state index is 3.72. The smallest absolute Gasteiger partial charge is 0.115 e. The van der Waals surface area contributed by atoms with Crippen molar-refractivity contribution in [3.8, 4) is 11.3 Å². The van der Waals surface area contributed by atoms with E-state index in [2.05, 4.69) is 150 Å². The maximum atomic E-state index is 3.72. The third-order valence-electron chi connectivity index (χ3n) is 8.87. The Morgan fingerprint density at radius 2 is 1.57 bits per heavy atom. The van der Waals surface area contributed by atoms with Gasteiger partial charge in [-0.05, 0) is 96.7 Å². The predicted octanol–water partition coefficient (Wildman–Crippen LogP) is 10.8. The Morgan fingerprint density at radius 1 is 0.690 bits per heavy atom. The van der Waals surface area contributed by atoms with Gasteiger partial charge in [-0.1, -0.05) is 109 Å². The Hall–Kier alpha value is -4.56. The molecule has 208 valence electrons. The number of rotatable bonds is 7. The third kappa shape index (κ3) is 5.63. The quantitative estimate of drug-likeness (QED) is 0.312. The lowest BCUT2D eigenvalue weighted by Crippen LogP contribution is -2.18. The molecule has 0 unspecified atom stereocenters. The van der Waals surface area contributed by atoms with Crippen LogP contribution in [-0.2, 0) is 0 Å². The second-order valence-electron chi connectivity index (χ2n) is 11.6. The third-order valence-corrected chi connectivity index (χ3v) is 8.87. The van der Waals surface area contributed by atoms with Gasteiger partial charge in [0.2, 0.25) is 0 Å². The fourth-order valence-corrected chi connectivity index (χ4v) is 6.54. The molecule has 1 heterocycles. The second kappa shape index (κ2) is 12.1. The minimum Gasteiger partial charge on any atom is -0.341 e. The number of anilines is 2. The highest BCUT2D eigenvalue weighted by atomic mass is 15.2. The van der Waals surface area contributed by atoms with Crippen LogP contribution in [0.2, 0.25) is 0 Å². The van der Waals surface area contributed by atoms with E-state index in [1.807, 2.05) is 0 Å². The fourth-order valence-electron chi connectivity index (χ4n) is 6.54. The number of nitrogens with zero attached hydrogens (tertiary/aromatic N) is 1. The van der Waals surface area contributed by atoms with Crippen molar-refractivity contribution in [1.82, 2.24) is 4.98 Å². The number of allylic oxidation sites excluding steroid dienone is 15. The number of aromatic nitrogens is 1. The van der Waals surface area contributed by atoms with Gasteiger partial charge in [0.15, 0.2) is 0 Å². The molecular weight excluding hydrogens is 508 g/mol. The van der Waals surface area contributed by atoms with Crippen molar-refractivity contribution in [3.05, 3.63) is 168 Å². The molecule has 0 saturated heterocycles. The van der Waals surface area contributed by atoms with E-state index in [-0.39, 0.29) is 0 Å². The topological polar surface area (TPSA) is 19.0 Å². The van der Waals surface area contributed by atoms with Gasteiger partial charge < -0.3 is 4.98 Å². The van der Waals surface area contributed by atoms with Gasteiger partial charge in [-0.25, -0.2) is 0 Å². The van der Waals surface area contributed by atoms with Crippen LogP contribution < -0.4 is 4.90 Å². The van der Waals surface area contributed by atoms with Crippen molar-refractivity contribution in [1.29, 1.82) is 0 Å². The summed E-state index contributed by atoms with van der Waals surface area (Å²) in [6, 6.07) is 24.2. The molecule has 0 saturated carbocycles. The largest absolute Gasteiger partial charge is 0.341 e. The van der Waals surface area contributed by atoms with E-state index in [1.54, 1.807) is 0 Å². The molecular formula is C40H38N2. The first-order valence-corrected chi connectivity index (χ1v) is 15.4. The van der Waals surface area contributed by atoms with Crippen LogP contribution in [-0.4, -0.2) is 4.98 Å². The highest BCUT2D eigenvalue weighted by Crippen LogP contribution is 2.38. The average Bonchev–Trinajstić information content (AvgIpc) is 3.57. The Morgan fingerprint density at radius 3 is 2.33 bits per heavy atom. The second-order valence-corrected chi connectivity index (χ2v) is 11.6. The summed E-state index contributed by atoms with van der Waals surface area (Å²) >= 11 is 0. The van der Waals surface area contributed by atoms with E-state index in [0.717, 1.165) is 50.0 Å². The molecule has 0 radical (unpaired) electrons. The van der Waals surface area contributed by atoms with Gasteiger partial charge in [-0.2, -0.15) is 0 Å². The number of hydrogen-bond acceptors (Lipinski definition) is 1.